The van der Waals surface area contributed by atoms with Gasteiger partial charge >= 0.3 is 7.12 Å². The molecule has 0 heterocycles. The molecule has 2 rings (SSSR count). The molecule has 2 aromatic carbocycles. The SMILES string of the molecule is C=C(C)COc1ccc2ccccc2c1B(O)O. The molecular weight excluding hydrogens is 227 g/mol. The van der Waals surface area contributed by atoms with Crippen LogP contribution in [0.5, 0.6) is 5.75 Å². The van der Waals surface area contributed by atoms with Crippen LogP contribution in [0.1, 0.15) is 6.92 Å². The van der Waals surface area contributed by atoms with E-state index in [0.29, 0.717) is 17.8 Å². The second-order valence-corrected chi connectivity index (χ2v) is 4.32. The minimum Gasteiger partial charge on any atom is -0.490 e. The second kappa shape index (κ2) is 5.25. The average molecular weight is 242 g/mol. The third kappa shape index (κ3) is 2.55. The molecule has 0 aliphatic rings. The Morgan fingerprint density at radius 2 is 1.94 bits per heavy atom. The van der Waals surface area contributed by atoms with Gasteiger partial charge in [-0.3, -0.25) is 0 Å². The van der Waals surface area contributed by atoms with Crippen molar-refractivity contribution in [2.24, 2.45) is 0 Å². The van der Waals surface area contributed by atoms with Crippen molar-refractivity contribution < 1.29 is 14.8 Å². The van der Waals surface area contributed by atoms with Gasteiger partial charge in [0.05, 0.1) is 0 Å². The Morgan fingerprint density at radius 3 is 2.61 bits per heavy atom. The van der Waals surface area contributed by atoms with Gasteiger partial charge in [0.1, 0.15) is 12.4 Å². The molecule has 0 amide bonds. The fraction of sp³-hybridized carbons (Fsp3) is 0.143. The maximum Gasteiger partial charge on any atom is 0.492 e. The summed E-state index contributed by atoms with van der Waals surface area (Å²) in [7, 11) is -1.56. The minimum absolute atomic E-state index is 0.359. The molecular formula is C14H15BO3. The van der Waals surface area contributed by atoms with Crippen LogP contribution in [0.15, 0.2) is 48.6 Å². The number of fused-ring (bicyclic) bond motifs is 1. The molecule has 0 bridgehead atoms. The zero-order valence-electron chi connectivity index (χ0n) is 10.3. The smallest absolute Gasteiger partial charge is 0.490 e. The quantitative estimate of drug-likeness (QED) is 0.630. The third-order valence-corrected chi connectivity index (χ3v) is 2.66. The van der Waals surface area contributed by atoms with Crippen LogP contribution < -0.4 is 10.2 Å². The molecule has 0 spiro atoms. The number of hydrogen-bond acceptors (Lipinski definition) is 3. The summed E-state index contributed by atoms with van der Waals surface area (Å²) in [5.41, 5.74) is 1.27. The van der Waals surface area contributed by atoms with Gasteiger partial charge in [-0.1, -0.05) is 36.9 Å². The number of rotatable bonds is 4. The molecule has 0 radical (unpaired) electrons. The molecule has 18 heavy (non-hydrogen) atoms. The molecule has 0 aliphatic heterocycles. The van der Waals surface area contributed by atoms with Crippen molar-refractivity contribution in [3.8, 4) is 5.75 Å². The van der Waals surface area contributed by atoms with E-state index in [1.807, 2.05) is 37.3 Å². The summed E-state index contributed by atoms with van der Waals surface area (Å²) >= 11 is 0. The highest BCUT2D eigenvalue weighted by Gasteiger charge is 2.20. The van der Waals surface area contributed by atoms with E-state index in [2.05, 4.69) is 6.58 Å². The predicted octanol–water partition coefficient (Wildman–Crippen LogP) is 1.47. The van der Waals surface area contributed by atoms with Gasteiger partial charge in [0, 0.05) is 5.46 Å². The van der Waals surface area contributed by atoms with Crippen LogP contribution in [-0.2, 0) is 0 Å². The molecule has 0 saturated carbocycles. The Hall–Kier alpha value is -1.78. The van der Waals surface area contributed by atoms with Crippen LogP contribution >= 0.6 is 0 Å². The summed E-state index contributed by atoms with van der Waals surface area (Å²) in [5, 5.41) is 20.8. The van der Waals surface area contributed by atoms with Gasteiger partial charge in [-0.2, -0.15) is 0 Å². The van der Waals surface area contributed by atoms with E-state index in [4.69, 9.17) is 4.74 Å². The Kier molecular flexibility index (Phi) is 3.70. The lowest BCUT2D eigenvalue weighted by molar-refractivity contribution is 0.352. The summed E-state index contributed by atoms with van der Waals surface area (Å²) in [6.07, 6.45) is 0. The first-order chi connectivity index (χ1) is 8.59. The summed E-state index contributed by atoms with van der Waals surface area (Å²) in [6.45, 7) is 5.97. The van der Waals surface area contributed by atoms with Gasteiger partial charge in [0.25, 0.3) is 0 Å². The van der Waals surface area contributed by atoms with Crippen LogP contribution in [-0.4, -0.2) is 23.8 Å². The van der Waals surface area contributed by atoms with Gasteiger partial charge in [-0.15, -0.1) is 0 Å². The maximum atomic E-state index is 9.52. The largest absolute Gasteiger partial charge is 0.492 e. The van der Waals surface area contributed by atoms with Crippen LogP contribution in [0.3, 0.4) is 0 Å². The van der Waals surface area contributed by atoms with Crippen LogP contribution in [0.2, 0.25) is 0 Å². The minimum atomic E-state index is -1.56. The van der Waals surface area contributed by atoms with E-state index >= 15 is 0 Å². The van der Waals surface area contributed by atoms with Crippen LogP contribution in [0.25, 0.3) is 10.8 Å². The molecule has 4 heteroatoms. The van der Waals surface area contributed by atoms with Crippen LogP contribution in [0.4, 0.5) is 0 Å². The van der Waals surface area contributed by atoms with E-state index < -0.39 is 7.12 Å². The fourth-order valence-electron chi connectivity index (χ4n) is 1.87. The number of ether oxygens (including phenoxy) is 1. The Balaban J connectivity index is 2.52. The van der Waals surface area contributed by atoms with Crippen molar-refractivity contribution in [1.82, 2.24) is 0 Å². The van der Waals surface area contributed by atoms with E-state index in [1.165, 1.54) is 0 Å². The Bertz CT molecular complexity index is 578. The van der Waals surface area contributed by atoms with Gasteiger partial charge < -0.3 is 14.8 Å². The molecule has 0 saturated heterocycles. The van der Waals surface area contributed by atoms with Crippen molar-refractivity contribution in [3.05, 3.63) is 48.6 Å². The summed E-state index contributed by atoms with van der Waals surface area (Å²) in [4.78, 5) is 0. The third-order valence-electron chi connectivity index (χ3n) is 2.66. The maximum absolute atomic E-state index is 9.52. The Labute approximate surface area is 106 Å². The lowest BCUT2D eigenvalue weighted by atomic mass is 9.76. The van der Waals surface area contributed by atoms with Gasteiger partial charge in [0.15, 0.2) is 0 Å². The molecule has 0 aromatic heterocycles. The summed E-state index contributed by atoms with van der Waals surface area (Å²) in [5.74, 6) is 0.478. The van der Waals surface area contributed by atoms with Gasteiger partial charge in [-0.05, 0) is 29.3 Å². The zero-order valence-corrected chi connectivity index (χ0v) is 10.3. The topological polar surface area (TPSA) is 49.7 Å². The summed E-state index contributed by atoms with van der Waals surface area (Å²) < 4.78 is 5.55. The molecule has 0 fully saturated rings. The molecule has 3 nitrogen and oxygen atoms in total. The van der Waals surface area contributed by atoms with Crippen molar-refractivity contribution in [3.63, 3.8) is 0 Å². The van der Waals surface area contributed by atoms with E-state index in [1.54, 1.807) is 6.07 Å². The van der Waals surface area contributed by atoms with Crippen molar-refractivity contribution in [2.75, 3.05) is 6.61 Å². The number of hydrogen-bond donors (Lipinski definition) is 2. The first kappa shape index (κ1) is 12.7. The van der Waals surface area contributed by atoms with Crippen LogP contribution in [0, 0.1) is 0 Å². The fourth-order valence-corrected chi connectivity index (χ4v) is 1.87. The van der Waals surface area contributed by atoms with Crippen molar-refractivity contribution in [1.29, 1.82) is 0 Å². The molecule has 2 aromatic rings. The van der Waals surface area contributed by atoms with Crippen molar-refractivity contribution >= 4 is 23.4 Å². The van der Waals surface area contributed by atoms with E-state index in [0.717, 1.165) is 16.3 Å². The first-order valence-corrected chi connectivity index (χ1v) is 5.74. The zero-order chi connectivity index (χ0) is 13.1. The molecule has 0 atom stereocenters. The van der Waals surface area contributed by atoms with E-state index in [-0.39, 0.29) is 0 Å². The monoisotopic (exact) mass is 242 g/mol. The molecule has 2 N–H and O–H groups in total. The first-order valence-electron chi connectivity index (χ1n) is 5.74. The normalized spacial score (nSPS) is 10.4. The van der Waals surface area contributed by atoms with Gasteiger partial charge in [-0.25, -0.2) is 0 Å². The standard InChI is InChI=1S/C14H15BO3/c1-10(2)9-18-13-8-7-11-5-3-4-6-12(11)14(13)15(16)17/h3-8,16-17H,1,9H2,2H3. The average Bonchev–Trinajstić information content (AvgIpc) is 2.35. The Morgan fingerprint density at radius 1 is 1.22 bits per heavy atom. The predicted molar refractivity (Wildman–Crippen MR) is 74.1 cm³/mol. The highest BCUT2D eigenvalue weighted by molar-refractivity contribution is 6.63. The van der Waals surface area contributed by atoms with Gasteiger partial charge in [0.2, 0.25) is 0 Å². The number of benzene rings is 2. The van der Waals surface area contributed by atoms with Crippen molar-refractivity contribution in [2.45, 2.75) is 6.92 Å². The van der Waals surface area contributed by atoms with E-state index in [9.17, 15) is 10.0 Å². The highest BCUT2D eigenvalue weighted by Crippen LogP contribution is 2.19. The summed E-state index contributed by atoms with van der Waals surface area (Å²) in [6, 6.07) is 11.2. The molecule has 0 unspecified atom stereocenters. The highest BCUT2D eigenvalue weighted by atomic mass is 16.5. The lowest BCUT2D eigenvalue weighted by Crippen LogP contribution is -2.32. The second-order valence-electron chi connectivity index (χ2n) is 4.32. The molecule has 0 aliphatic carbocycles. The molecule has 92 valence electrons. The lowest BCUT2D eigenvalue weighted by Gasteiger charge is -2.13.